The van der Waals surface area contributed by atoms with E-state index >= 15 is 0 Å². The molecule has 3 aromatic rings. The van der Waals surface area contributed by atoms with E-state index in [1.165, 1.54) is 11.3 Å². The van der Waals surface area contributed by atoms with E-state index < -0.39 is 0 Å². The fourth-order valence-electron chi connectivity index (χ4n) is 3.40. The van der Waals surface area contributed by atoms with Crippen molar-refractivity contribution < 1.29 is 4.79 Å². The van der Waals surface area contributed by atoms with Crippen LogP contribution in [0.1, 0.15) is 16.0 Å². The second-order valence-corrected chi connectivity index (χ2v) is 9.03. The average Bonchev–Trinajstić information content (AvgIpc) is 3.04. The zero-order valence-electron chi connectivity index (χ0n) is 15.7. The molecule has 0 fully saturated rings. The number of amides is 1. The number of anilines is 2. The van der Waals surface area contributed by atoms with Gasteiger partial charge in [-0.15, -0.1) is 11.3 Å². The molecule has 7 heteroatoms. The molecule has 0 saturated heterocycles. The summed E-state index contributed by atoms with van der Waals surface area (Å²) in [5.74, 6) is -0.0420. The van der Waals surface area contributed by atoms with Crippen LogP contribution in [0.15, 0.2) is 64.4 Å². The van der Waals surface area contributed by atoms with Gasteiger partial charge in [-0.1, -0.05) is 42.1 Å². The van der Waals surface area contributed by atoms with Gasteiger partial charge in [0, 0.05) is 27.8 Å². The van der Waals surface area contributed by atoms with Crippen molar-refractivity contribution in [1.82, 2.24) is 4.90 Å². The molecule has 4 rings (SSSR count). The van der Waals surface area contributed by atoms with Gasteiger partial charge in [-0.05, 0) is 36.2 Å². The minimum atomic E-state index is -0.0420. The smallest absolute Gasteiger partial charge is 0.238 e. The van der Waals surface area contributed by atoms with Crippen LogP contribution in [0.2, 0.25) is 0 Å². The molecule has 0 bridgehead atoms. The van der Waals surface area contributed by atoms with Gasteiger partial charge in [-0.3, -0.25) is 9.69 Å². The number of nitrogens with one attached hydrogen (secondary N) is 1. The van der Waals surface area contributed by atoms with Crippen LogP contribution in [0.25, 0.3) is 0 Å². The summed E-state index contributed by atoms with van der Waals surface area (Å²) < 4.78 is 0. The lowest BCUT2D eigenvalue weighted by Gasteiger charge is -2.26. The highest BCUT2D eigenvalue weighted by molar-refractivity contribution is 7.99. The van der Waals surface area contributed by atoms with E-state index in [9.17, 15) is 10.1 Å². The highest BCUT2D eigenvalue weighted by Gasteiger charge is 2.24. The number of carbonyl (C=O) groups excluding carboxylic acids is 1. The minimum Gasteiger partial charge on any atom is -0.389 e. The van der Waals surface area contributed by atoms with Crippen molar-refractivity contribution in [3.8, 4) is 6.07 Å². The van der Waals surface area contributed by atoms with Gasteiger partial charge in [0.2, 0.25) is 5.91 Å². The third-order valence-electron chi connectivity index (χ3n) is 4.77. The molecule has 1 aliphatic heterocycles. The molecule has 29 heavy (non-hydrogen) atoms. The molecule has 0 atom stereocenters. The number of nitrogens with zero attached hydrogens (tertiary/aromatic N) is 2. The number of nitrogens with two attached hydrogens (primary N) is 1. The van der Waals surface area contributed by atoms with Crippen molar-refractivity contribution in [2.24, 2.45) is 0 Å². The zero-order chi connectivity index (χ0) is 20.2. The van der Waals surface area contributed by atoms with Gasteiger partial charge in [-0.2, -0.15) is 5.26 Å². The van der Waals surface area contributed by atoms with E-state index in [0.717, 1.165) is 38.9 Å². The Bertz CT molecular complexity index is 1070. The van der Waals surface area contributed by atoms with Crippen molar-refractivity contribution in [1.29, 1.82) is 5.26 Å². The van der Waals surface area contributed by atoms with Crippen molar-refractivity contribution in [3.05, 3.63) is 70.6 Å². The van der Waals surface area contributed by atoms with Crippen LogP contribution < -0.4 is 11.1 Å². The number of carbonyl (C=O) groups is 1. The van der Waals surface area contributed by atoms with E-state index in [-0.39, 0.29) is 5.91 Å². The summed E-state index contributed by atoms with van der Waals surface area (Å²) in [5, 5.41) is 12.9. The number of thiophene rings is 1. The highest BCUT2D eigenvalue weighted by Crippen LogP contribution is 2.35. The maximum Gasteiger partial charge on any atom is 0.238 e. The Morgan fingerprint density at radius 2 is 1.97 bits per heavy atom. The number of hydrogen-bond acceptors (Lipinski definition) is 6. The van der Waals surface area contributed by atoms with Crippen LogP contribution in [0.3, 0.4) is 0 Å². The third-order valence-corrected chi connectivity index (χ3v) is 6.90. The minimum absolute atomic E-state index is 0.0420. The maximum atomic E-state index is 12.7. The summed E-state index contributed by atoms with van der Waals surface area (Å²) in [7, 11) is 0. The molecule has 0 spiro atoms. The standard InChI is InChI=1S/C22H20N4OS2/c23-12-17-16-10-11-26(13-20(16)29-22(17)24)14-21(27)25-18-8-4-5-9-19(18)28-15-6-2-1-3-7-15/h1-9H,10-11,13-14,24H2,(H,25,27). The first-order chi connectivity index (χ1) is 14.1. The Kier molecular flexibility index (Phi) is 5.86. The van der Waals surface area contributed by atoms with Crippen LogP contribution in [0, 0.1) is 11.3 Å². The fourth-order valence-corrected chi connectivity index (χ4v) is 5.44. The van der Waals surface area contributed by atoms with Crippen molar-refractivity contribution >= 4 is 39.7 Å². The summed E-state index contributed by atoms with van der Waals surface area (Å²) in [4.78, 5) is 18.0. The molecular weight excluding hydrogens is 400 g/mol. The first-order valence-electron chi connectivity index (χ1n) is 9.28. The molecular formula is C22H20N4OS2. The van der Waals surface area contributed by atoms with Gasteiger partial charge >= 0.3 is 0 Å². The highest BCUT2D eigenvalue weighted by atomic mass is 32.2. The number of nitriles is 1. The molecule has 0 saturated carbocycles. The van der Waals surface area contributed by atoms with Crippen LogP contribution in [0.4, 0.5) is 10.7 Å². The van der Waals surface area contributed by atoms with E-state index in [4.69, 9.17) is 5.73 Å². The topological polar surface area (TPSA) is 82.2 Å². The Hall–Kier alpha value is -2.79. The lowest BCUT2D eigenvalue weighted by molar-refractivity contribution is -0.117. The average molecular weight is 421 g/mol. The predicted molar refractivity (Wildman–Crippen MR) is 118 cm³/mol. The molecule has 146 valence electrons. The van der Waals surface area contributed by atoms with Crippen LogP contribution in [-0.4, -0.2) is 23.9 Å². The van der Waals surface area contributed by atoms with E-state index in [0.29, 0.717) is 23.7 Å². The number of para-hydroxylation sites is 1. The molecule has 1 aromatic heterocycles. The summed E-state index contributed by atoms with van der Waals surface area (Å²) in [6.45, 7) is 1.70. The quantitative estimate of drug-likeness (QED) is 0.641. The monoisotopic (exact) mass is 420 g/mol. The van der Waals surface area contributed by atoms with Crippen molar-refractivity contribution in [2.75, 3.05) is 24.1 Å². The molecule has 1 amide bonds. The second-order valence-electron chi connectivity index (χ2n) is 6.77. The lowest BCUT2D eigenvalue weighted by atomic mass is 10.0. The van der Waals surface area contributed by atoms with Crippen LogP contribution in [0.5, 0.6) is 0 Å². The molecule has 0 aliphatic carbocycles. The van der Waals surface area contributed by atoms with Gasteiger partial charge in [-0.25, -0.2) is 0 Å². The van der Waals surface area contributed by atoms with Gasteiger partial charge in [0.05, 0.1) is 17.8 Å². The number of rotatable bonds is 5. The summed E-state index contributed by atoms with van der Waals surface area (Å²) in [6, 6.07) is 20.1. The zero-order valence-corrected chi connectivity index (χ0v) is 17.4. The maximum absolute atomic E-state index is 12.7. The normalized spacial score (nSPS) is 13.5. The van der Waals surface area contributed by atoms with E-state index in [1.807, 2.05) is 42.5 Å². The Morgan fingerprint density at radius 1 is 1.21 bits per heavy atom. The largest absolute Gasteiger partial charge is 0.389 e. The molecule has 2 heterocycles. The summed E-state index contributed by atoms with van der Waals surface area (Å²) in [6.07, 6.45) is 0.750. The molecule has 0 radical (unpaired) electrons. The molecule has 1 aliphatic rings. The third kappa shape index (κ3) is 4.46. The van der Waals surface area contributed by atoms with Crippen molar-refractivity contribution in [2.45, 2.75) is 22.8 Å². The first kappa shape index (κ1) is 19.5. The molecule has 0 unspecified atom stereocenters. The predicted octanol–water partition coefficient (Wildman–Crippen LogP) is 4.35. The fraction of sp³-hybridized carbons (Fsp3) is 0.182. The van der Waals surface area contributed by atoms with E-state index in [1.54, 1.807) is 11.8 Å². The van der Waals surface area contributed by atoms with Crippen LogP contribution >= 0.6 is 23.1 Å². The molecule has 3 N–H and O–H groups in total. The summed E-state index contributed by atoms with van der Waals surface area (Å²) in [5.41, 5.74) is 8.44. The number of benzene rings is 2. The van der Waals surface area contributed by atoms with Gasteiger partial charge in [0.25, 0.3) is 0 Å². The molecule has 5 nitrogen and oxygen atoms in total. The molecule has 2 aromatic carbocycles. The Labute approximate surface area is 178 Å². The Balaban J connectivity index is 1.41. The number of fused-ring (bicyclic) bond motifs is 1. The first-order valence-corrected chi connectivity index (χ1v) is 10.9. The van der Waals surface area contributed by atoms with Crippen LogP contribution in [-0.2, 0) is 17.8 Å². The number of nitrogen functional groups attached to an aromatic ring is 1. The number of hydrogen-bond donors (Lipinski definition) is 2. The van der Waals surface area contributed by atoms with Gasteiger partial charge < -0.3 is 11.1 Å². The van der Waals surface area contributed by atoms with Gasteiger partial charge in [0.15, 0.2) is 0 Å². The second kappa shape index (κ2) is 8.70. The van der Waals surface area contributed by atoms with Crippen molar-refractivity contribution in [3.63, 3.8) is 0 Å². The van der Waals surface area contributed by atoms with Gasteiger partial charge in [0.1, 0.15) is 11.1 Å². The summed E-state index contributed by atoms with van der Waals surface area (Å²) >= 11 is 3.09. The SMILES string of the molecule is N#Cc1c(N)sc2c1CCN(CC(=O)Nc1ccccc1Sc1ccccc1)C2. The lowest BCUT2D eigenvalue weighted by Crippen LogP contribution is -2.36. The van der Waals surface area contributed by atoms with E-state index in [2.05, 4.69) is 28.4 Å². The Morgan fingerprint density at radius 3 is 2.76 bits per heavy atom.